The van der Waals surface area contributed by atoms with Crippen molar-refractivity contribution >= 4 is 5.91 Å². The van der Waals surface area contributed by atoms with Crippen molar-refractivity contribution < 1.29 is 14.1 Å². The molecular weight excluding hydrogens is 308 g/mol. The van der Waals surface area contributed by atoms with Gasteiger partial charge in [-0.3, -0.25) is 9.69 Å². The highest BCUT2D eigenvalue weighted by Crippen LogP contribution is 2.26. The molecule has 3 heterocycles. The van der Waals surface area contributed by atoms with Crippen LogP contribution in [0.5, 0.6) is 0 Å². The predicted octanol–water partition coefficient (Wildman–Crippen LogP) is 1.58. The Hall–Kier alpha value is -1.47. The van der Waals surface area contributed by atoms with E-state index in [4.69, 9.17) is 9.26 Å². The average Bonchev–Trinajstić information content (AvgIpc) is 3.26. The molecular formula is C17H28N4O3. The van der Waals surface area contributed by atoms with Crippen LogP contribution in [0, 0.1) is 0 Å². The van der Waals surface area contributed by atoms with Crippen LogP contribution in [0.1, 0.15) is 51.7 Å². The molecule has 0 N–H and O–H groups in total. The molecule has 1 aromatic rings. The first-order valence-electron chi connectivity index (χ1n) is 8.77. The number of carbonyl (C=O) groups is 1. The molecule has 134 valence electrons. The first kappa shape index (κ1) is 17.4. The van der Waals surface area contributed by atoms with E-state index in [0.717, 1.165) is 38.9 Å². The van der Waals surface area contributed by atoms with E-state index in [2.05, 4.69) is 15.0 Å². The Morgan fingerprint density at radius 1 is 1.33 bits per heavy atom. The maximum Gasteiger partial charge on any atom is 0.240 e. The van der Waals surface area contributed by atoms with Crippen LogP contribution in [0.3, 0.4) is 0 Å². The molecule has 0 aromatic carbocycles. The molecule has 0 aliphatic carbocycles. The smallest absolute Gasteiger partial charge is 0.240 e. The van der Waals surface area contributed by atoms with Crippen molar-refractivity contribution in [3.8, 4) is 0 Å². The van der Waals surface area contributed by atoms with Crippen LogP contribution < -0.4 is 0 Å². The summed E-state index contributed by atoms with van der Waals surface area (Å²) < 4.78 is 10.9. The molecule has 2 atom stereocenters. The minimum atomic E-state index is -0.171. The summed E-state index contributed by atoms with van der Waals surface area (Å²) in [5, 5.41) is 4.09. The third-order valence-corrected chi connectivity index (χ3v) is 4.86. The van der Waals surface area contributed by atoms with Gasteiger partial charge in [-0.1, -0.05) is 25.9 Å². The van der Waals surface area contributed by atoms with E-state index in [1.54, 1.807) is 7.11 Å². The zero-order chi connectivity index (χ0) is 17.3. The summed E-state index contributed by atoms with van der Waals surface area (Å²) in [6, 6.07) is -0.148. The minimum absolute atomic E-state index is 0.0792. The lowest BCUT2D eigenvalue weighted by molar-refractivity contribution is -0.135. The second-order valence-corrected chi connectivity index (χ2v) is 7.84. The Labute approximate surface area is 143 Å². The molecule has 7 nitrogen and oxygen atoms in total. The van der Waals surface area contributed by atoms with Gasteiger partial charge in [0.2, 0.25) is 11.8 Å². The van der Waals surface area contributed by atoms with Crippen LogP contribution >= 0.6 is 0 Å². The van der Waals surface area contributed by atoms with Crippen LogP contribution in [0.25, 0.3) is 0 Å². The SMILES string of the molecule is CO[C@H]1C[C@@H](C(=O)N2CCCC2)N(Cc2noc(C(C)(C)C)n2)C1. The molecule has 0 spiro atoms. The highest BCUT2D eigenvalue weighted by Gasteiger charge is 2.40. The number of nitrogens with zero attached hydrogens (tertiary/aromatic N) is 4. The number of hydrogen-bond acceptors (Lipinski definition) is 6. The van der Waals surface area contributed by atoms with E-state index >= 15 is 0 Å². The molecule has 0 radical (unpaired) electrons. The van der Waals surface area contributed by atoms with E-state index in [1.807, 2.05) is 25.7 Å². The number of ether oxygens (including phenoxy) is 1. The standard InChI is InChI=1S/C17H28N4O3/c1-17(2,3)16-18-14(19-24-16)11-21-10-12(23-4)9-13(21)15(22)20-7-5-6-8-20/h12-13H,5-11H2,1-4H3/t12-,13-/m0/s1. The van der Waals surface area contributed by atoms with Gasteiger partial charge >= 0.3 is 0 Å². The van der Waals surface area contributed by atoms with Crippen LogP contribution in [-0.4, -0.2) is 64.7 Å². The number of aromatic nitrogens is 2. The zero-order valence-electron chi connectivity index (χ0n) is 15.1. The number of rotatable bonds is 4. The molecule has 0 bridgehead atoms. The fourth-order valence-corrected chi connectivity index (χ4v) is 3.42. The largest absolute Gasteiger partial charge is 0.380 e. The Kier molecular flexibility index (Phi) is 4.92. The van der Waals surface area contributed by atoms with Gasteiger partial charge in [-0.2, -0.15) is 4.98 Å². The average molecular weight is 336 g/mol. The van der Waals surface area contributed by atoms with Crippen molar-refractivity contribution in [2.45, 2.75) is 64.1 Å². The summed E-state index contributed by atoms with van der Waals surface area (Å²) in [6.45, 7) is 9.11. The number of hydrogen-bond donors (Lipinski definition) is 0. The van der Waals surface area contributed by atoms with Crippen molar-refractivity contribution in [2.24, 2.45) is 0 Å². The lowest BCUT2D eigenvalue weighted by Crippen LogP contribution is -2.44. The summed E-state index contributed by atoms with van der Waals surface area (Å²) in [5.74, 6) is 1.48. The summed E-state index contributed by atoms with van der Waals surface area (Å²) in [6.07, 6.45) is 3.02. The second kappa shape index (κ2) is 6.80. The Balaban J connectivity index is 1.71. The molecule has 2 saturated heterocycles. The van der Waals surface area contributed by atoms with E-state index in [9.17, 15) is 4.79 Å². The molecule has 7 heteroatoms. The van der Waals surface area contributed by atoms with Crippen LogP contribution in [-0.2, 0) is 21.5 Å². The van der Waals surface area contributed by atoms with E-state index in [0.29, 0.717) is 18.3 Å². The van der Waals surface area contributed by atoms with Gasteiger partial charge in [0.1, 0.15) is 0 Å². The molecule has 3 rings (SSSR count). The Morgan fingerprint density at radius 3 is 2.62 bits per heavy atom. The highest BCUT2D eigenvalue weighted by molar-refractivity contribution is 5.82. The first-order chi connectivity index (χ1) is 11.4. The van der Waals surface area contributed by atoms with Gasteiger partial charge in [-0.25, -0.2) is 0 Å². The number of amides is 1. The fraction of sp³-hybridized carbons (Fsp3) is 0.824. The summed E-state index contributed by atoms with van der Waals surface area (Å²) in [7, 11) is 1.71. The van der Waals surface area contributed by atoms with Crippen molar-refractivity contribution in [1.82, 2.24) is 19.9 Å². The van der Waals surface area contributed by atoms with Gasteiger partial charge in [0, 0.05) is 32.2 Å². The third-order valence-electron chi connectivity index (χ3n) is 4.86. The normalized spacial score (nSPS) is 25.6. The molecule has 2 aliphatic heterocycles. The highest BCUT2D eigenvalue weighted by atomic mass is 16.5. The summed E-state index contributed by atoms with van der Waals surface area (Å²) >= 11 is 0. The van der Waals surface area contributed by atoms with E-state index < -0.39 is 0 Å². The second-order valence-electron chi connectivity index (χ2n) is 7.84. The van der Waals surface area contributed by atoms with E-state index in [-0.39, 0.29) is 23.5 Å². The molecule has 0 unspecified atom stereocenters. The molecule has 24 heavy (non-hydrogen) atoms. The van der Waals surface area contributed by atoms with Gasteiger partial charge < -0.3 is 14.2 Å². The topological polar surface area (TPSA) is 71.7 Å². The van der Waals surface area contributed by atoms with Crippen LogP contribution in [0.4, 0.5) is 0 Å². The number of likely N-dealkylation sites (tertiary alicyclic amines) is 2. The molecule has 2 aliphatic rings. The van der Waals surface area contributed by atoms with Crippen LogP contribution in [0.2, 0.25) is 0 Å². The molecule has 1 amide bonds. The molecule has 2 fully saturated rings. The van der Waals surface area contributed by atoms with Crippen LogP contribution in [0.15, 0.2) is 4.52 Å². The van der Waals surface area contributed by atoms with Gasteiger partial charge in [0.15, 0.2) is 5.82 Å². The van der Waals surface area contributed by atoms with Crippen molar-refractivity contribution in [3.63, 3.8) is 0 Å². The quantitative estimate of drug-likeness (QED) is 0.831. The first-order valence-corrected chi connectivity index (χ1v) is 8.77. The third kappa shape index (κ3) is 3.62. The van der Waals surface area contributed by atoms with Gasteiger partial charge in [-0.05, 0) is 19.3 Å². The van der Waals surface area contributed by atoms with Gasteiger partial charge in [0.05, 0.1) is 18.7 Å². The summed E-state index contributed by atoms with van der Waals surface area (Å²) in [4.78, 5) is 21.5. The Bertz CT molecular complexity index is 575. The molecule has 1 aromatic heterocycles. The minimum Gasteiger partial charge on any atom is -0.380 e. The van der Waals surface area contributed by atoms with Crippen molar-refractivity contribution in [1.29, 1.82) is 0 Å². The zero-order valence-corrected chi connectivity index (χ0v) is 15.1. The lowest BCUT2D eigenvalue weighted by Gasteiger charge is -2.26. The number of methoxy groups -OCH3 is 1. The maximum absolute atomic E-state index is 12.8. The fourth-order valence-electron chi connectivity index (χ4n) is 3.42. The van der Waals surface area contributed by atoms with Gasteiger partial charge in [-0.15, -0.1) is 0 Å². The monoisotopic (exact) mass is 336 g/mol. The summed E-state index contributed by atoms with van der Waals surface area (Å²) in [5.41, 5.74) is -0.171. The van der Waals surface area contributed by atoms with E-state index in [1.165, 1.54) is 0 Å². The predicted molar refractivity (Wildman–Crippen MR) is 88.4 cm³/mol. The van der Waals surface area contributed by atoms with Gasteiger partial charge in [0.25, 0.3) is 0 Å². The number of carbonyl (C=O) groups excluding carboxylic acids is 1. The maximum atomic E-state index is 12.8. The Morgan fingerprint density at radius 2 is 2.04 bits per heavy atom. The lowest BCUT2D eigenvalue weighted by atomic mass is 9.97. The van der Waals surface area contributed by atoms with Crippen molar-refractivity contribution in [3.05, 3.63) is 11.7 Å². The molecule has 0 saturated carbocycles. The van der Waals surface area contributed by atoms with Crippen molar-refractivity contribution in [2.75, 3.05) is 26.7 Å².